The number of hydrogen-bond acceptors (Lipinski definition) is 2. The molecule has 0 saturated heterocycles. The number of aromatic carboxylic acids is 1. The van der Waals surface area contributed by atoms with Gasteiger partial charge in [0, 0.05) is 24.2 Å². The number of aliphatic hydroxyl groups is 1. The topological polar surface area (TPSA) is 62.5 Å². The molecule has 0 fully saturated rings. The SMILES string of the molecule is CCc1cc(C(=O)O)c2c(c1)c(C(C)O)cn2C. The highest BCUT2D eigenvalue weighted by molar-refractivity contribution is 6.04. The Labute approximate surface area is 105 Å². The molecule has 0 aliphatic heterocycles. The average molecular weight is 247 g/mol. The van der Waals surface area contributed by atoms with E-state index in [1.54, 1.807) is 30.8 Å². The van der Waals surface area contributed by atoms with Gasteiger partial charge in [0.05, 0.1) is 17.2 Å². The van der Waals surface area contributed by atoms with Crippen molar-refractivity contribution in [3.8, 4) is 0 Å². The normalized spacial score (nSPS) is 12.9. The second-order valence-corrected chi connectivity index (χ2v) is 4.57. The van der Waals surface area contributed by atoms with Gasteiger partial charge in [0.25, 0.3) is 0 Å². The molecule has 4 nitrogen and oxygen atoms in total. The van der Waals surface area contributed by atoms with E-state index in [0.29, 0.717) is 11.1 Å². The first-order chi connectivity index (χ1) is 8.45. The van der Waals surface area contributed by atoms with E-state index in [-0.39, 0.29) is 0 Å². The van der Waals surface area contributed by atoms with E-state index < -0.39 is 12.1 Å². The summed E-state index contributed by atoms with van der Waals surface area (Å²) >= 11 is 0. The van der Waals surface area contributed by atoms with E-state index >= 15 is 0 Å². The first-order valence-electron chi connectivity index (χ1n) is 5.99. The van der Waals surface area contributed by atoms with Gasteiger partial charge in [0.15, 0.2) is 0 Å². The predicted octanol–water partition coefficient (Wildman–Crippen LogP) is 2.49. The maximum absolute atomic E-state index is 11.3. The minimum atomic E-state index is -0.936. The van der Waals surface area contributed by atoms with Crippen LogP contribution in [0.1, 0.15) is 41.4 Å². The van der Waals surface area contributed by atoms with Gasteiger partial charge >= 0.3 is 5.97 Å². The van der Waals surface area contributed by atoms with E-state index in [1.807, 2.05) is 13.0 Å². The molecule has 1 heterocycles. The highest BCUT2D eigenvalue weighted by Gasteiger charge is 2.18. The molecule has 0 bridgehead atoms. The molecule has 2 aromatic rings. The van der Waals surface area contributed by atoms with Crippen LogP contribution < -0.4 is 0 Å². The Bertz CT molecular complexity index is 611. The van der Waals surface area contributed by atoms with Crippen molar-refractivity contribution >= 4 is 16.9 Å². The fraction of sp³-hybridized carbons (Fsp3) is 0.357. The standard InChI is InChI=1S/C14H17NO3/c1-4-9-5-10-12(8(2)16)7-15(3)13(10)11(6-9)14(17)18/h5-8,16H,4H2,1-3H3,(H,17,18). The van der Waals surface area contributed by atoms with Crippen LogP contribution in [-0.2, 0) is 13.5 Å². The Balaban J connectivity index is 2.88. The molecule has 0 radical (unpaired) electrons. The average Bonchev–Trinajstić information content (AvgIpc) is 2.65. The molecular weight excluding hydrogens is 230 g/mol. The summed E-state index contributed by atoms with van der Waals surface area (Å²) in [5, 5.41) is 19.9. The predicted molar refractivity (Wildman–Crippen MR) is 69.9 cm³/mol. The van der Waals surface area contributed by atoms with Gasteiger partial charge in [-0.15, -0.1) is 0 Å². The fourth-order valence-corrected chi connectivity index (χ4v) is 2.34. The Hall–Kier alpha value is -1.81. The molecule has 0 aliphatic rings. The number of carboxylic acid groups (broad SMARTS) is 1. The zero-order chi connectivity index (χ0) is 13.4. The van der Waals surface area contributed by atoms with Crippen LogP contribution in [0, 0.1) is 0 Å². The van der Waals surface area contributed by atoms with E-state index in [2.05, 4.69) is 0 Å². The highest BCUT2D eigenvalue weighted by atomic mass is 16.4. The van der Waals surface area contributed by atoms with Gasteiger partial charge in [-0.2, -0.15) is 0 Å². The maximum Gasteiger partial charge on any atom is 0.337 e. The summed E-state index contributed by atoms with van der Waals surface area (Å²) in [5.41, 5.74) is 2.69. The third kappa shape index (κ3) is 1.88. The van der Waals surface area contributed by atoms with Crippen LogP contribution in [0.25, 0.3) is 10.9 Å². The van der Waals surface area contributed by atoms with E-state index in [4.69, 9.17) is 0 Å². The monoisotopic (exact) mass is 247 g/mol. The third-order valence-corrected chi connectivity index (χ3v) is 3.25. The number of aromatic nitrogens is 1. The van der Waals surface area contributed by atoms with Gasteiger partial charge in [-0.1, -0.05) is 6.92 Å². The molecule has 2 N–H and O–H groups in total. The molecule has 18 heavy (non-hydrogen) atoms. The van der Waals surface area contributed by atoms with Crippen molar-refractivity contribution in [3.05, 3.63) is 35.0 Å². The smallest absolute Gasteiger partial charge is 0.337 e. The number of carbonyl (C=O) groups is 1. The minimum Gasteiger partial charge on any atom is -0.478 e. The summed E-state index contributed by atoms with van der Waals surface area (Å²) < 4.78 is 1.76. The highest BCUT2D eigenvalue weighted by Crippen LogP contribution is 2.30. The first kappa shape index (κ1) is 12.6. The van der Waals surface area contributed by atoms with Crippen LogP contribution >= 0.6 is 0 Å². The number of aliphatic hydroxyl groups excluding tert-OH is 1. The van der Waals surface area contributed by atoms with E-state index in [9.17, 15) is 15.0 Å². The lowest BCUT2D eigenvalue weighted by Crippen LogP contribution is -2.01. The lowest BCUT2D eigenvalue weighted by Gasteiger charge is -2.06. The van der Waals surface area contributed by atoms with Crippen LogP contribution in [-0.4, -0.2) is 20.7 Å². The van der Waals surface area contributed by atoms with Gasteiger partial charge in [0.2, 0.25) is 0 Å². The Morgan fingerprint density at radius 1 is 1.44 bits per heavy atom. The van der Waals surface area contributed by atoms with Crippen molar-refractivity contribution in [2.24, 2.45) is 7.05 Å². The maximum atomic E-state index is 11.3. The summed E-state index contributed by atoms with van der Waals surface area (Å²) in [4.78, 5) is 11.3. The quantitative estimate of drug-likeness (QED) is 0.876. The van der Waals surface area contributed by atoms with Gasteiger partial charge in [-0.25, -0.2) is 4.79 Å². The first-order valence-corrected chi connectivity index (χ1v) is 5.99. The van der Waals surface area contributed by atoms with Crippen molar-refractivity contribution in [2.45, 2.75) is 26.4 Å². The van der Waals surface area contributed by atoms with Crippen LogP contribution in [0.3, 0.4) is 0 Å². The van der Waals surface area contributed by atoms with Gasteiger partial charge in [0.1, 0.15) is 0 Å². The zero-order valence-electron chi connectivity index (χ0n) is 10.8. The molecule has 1 unspecified atom stereocenters. The van der Waals surface area contributed by atoms with Gasteiger partial charge in [-0.3, -0.25) is 0 Å². The molecule has 1 aromatic heterocycles. The van der Waals surface area contributed by atoms with Crippen LogP contribution in [0.15, 0.2) is 18.3 Å². The number of hydrogen-bond donors (Lipinski definition) is 2. The van der Waals surface area contributed by atoms with Gasteiger partial charge in [-0.05, 0) is 31.0 Å². The molecule has 1 aromatic carbocycles. The molecule has 0 amide bonds. The molecule has 2 rings (SSSR count). The van der Waals surface area contributed by atoms with E-state index in [0.717, 1.165) is 22.9 Å². The molecule has 4 heteroatoms. The number of nitrogens with zero attached hydrogens (tertiary/aromatic N) is 1. The number of aryl methyl sites for hydroxylation is 2. The van der Waals surface area contributed by atoms with Gasteiger partial charge < -0.3 is 14.8 Å². The number of benzene rings is 1. The molecule has 0 saturated carbocycles. The lowest BCUT2D eigenvalue weighted by molar-refractivity contribution is 0.0698. The summed E-state index contributed by atoms with van der Waals surface area (Å²) in [5.74, 6) is -0.936. The number of carboxylic acids is 1. The molecule has 0 aliphatic carbocycles. The number of fused-ring (bicyclic) bond motifs is 1. The summed E-state index contributed by atoms with van der Waals surface area (Å²) in [6, 6.07) is 3.67. The van der Waals surface area contributed by atoms with Crippen LogP contribution in [0.4, 0.5) is 0 Å². The summed E-state index contributed by atoms with van der Waals surface area (Å²) in [7, 11) is 1.80. The molecule has 0 spiro atoms. The zero-order valence-corrected chi connectivity index (χ0v) is 10.8. The van der Waals surface area contributed by atoms with Crippen molar-refractivity contribution in [1.29, 1.82) is 0 Å². The van der Waals surface area contributed by atoms with Crippen LogP contribution in [0.5, 0.6) is 0 Å². The molecular formula is C14H17NO3. The molecule has 96 valence electrons. The van der Waals surface area contributed by atoms with Crippen LogP contribution in [0.2, 0.25) is 0 Å². The van der Waals surface area contributed by atoms with Crippen molar-refractivity contribution in [1.82, 2.24) is 4.57 Å². The van der Waals surface area contributed by atoms with Crippen molar-refractivity contribution in [3.63, 3.8) is 0 Å². The summed E-state index contributed by atoms with van der Waals surface area (Å²) in [6.07, 6.45) is 1.95. The number of rotatable bonds is 3. The second-order valence-electron chi connectivity index (χ2n) is 4.57. The van der Waals surface area contributed by atoms with E-state index in [1.165, 1.54) is 0 Å². The molecule has 1 atom stereocenters. The second kappa shape index (κ2) is 4.46. The fourth-order valence-electron chi connectivity index (χ4n) is 2.34. The Morgan fingerprint density at radius 3 is 2.61 bits per heavy atom. The summed E-state index contributed by atoms with van der Waals surface area (Å²) in [6.45, 7) is 3.67. The lowest BCUT2D eigenvalue weighted by atomic mass is 10.0. The Morgan fingerprint density at radius 2 is 2.11 bits per heavy atom. The Kier molecular flexibility index (Phi) is 3.13. The minimum absolute atomic E-state index is 0.291. The third-order valence-electron chi connectivity index (χ3n) is 3.25. The van der Waals surface area contributed by atoms with Crippen molar-refractivity contribution < 1.29 is 15.0 Å². The van der Waals surface area contributed by atoms with Crippen molar-refractivity contribution in [2.75, 3.05) is 0 Å². The largest absolute Gasteiger partial charge is 0.478 e.